The fraction of sp³-hybridized carbons (Fsp3) is 0.625. The highest BCUT2D eigenvalue weighted by Crippen LogP contribution is 2.38. The summed E-state index contributed by atoms with van der Waals surface area (Å²) in [4.78, 5) is 0. The van der Waals surface area contributed by atoms with Crippen LogP contribution in [0.4, 0.5) is 0 Å². The highest BCUT2D eigenvalue weighted by Gasteiger charge is 2.40. The lowest BCUT2D eigenvalue weighted by Gasteiger charge is -2.43. The third-order valence-corrected chi connectivity index (χ3v) is 5.12. The first-order valence-electron chi connectivity index (χ1n) is 7.21. The van der Waals surface area contributed by atoms with Crippen molar-refractivity contribution in [2.75, 3.05) is 7.11 Å². The zero-order valence-electron chi connectivity index (χ0n) is 12.2. The molecule has 1 saturated carbocycles. The predicted octanol–water partition coefficient (Wildman–Crippen LogP) is 4.46. The quantitative estimate of drug-likeness (QED) is 0.890. The van der Waals surface area contributed by atoms with Crippen molar-refractivity contribution in [1.82, 2.24) is 0 Å². The second-order valence-electron chi connectivity index (χ2n) is 6.02. The van der Waals surface area contributed by atoms with Gasteiger partial charge >= 0.3 is 0 Å². The van der Waals surface area contributed by atoms with Crippen molar-refractivity contribution in [3.8, 4) is 0 Å². The summed E-state index contributed by atoms with van der Waals surface area (Å²) in [5.41, 5.74) is 7.30. The Bertz CT molecular complexity index is 466. The summed E-state index contributed by atoms with van der Waals surface area (Å²) in [6, 6.07) is 5.54. The van der Waals surface area contributed by atoms with Crippen LogP contribution in [0.2, 0.25) is 10.0 Å². The van der Waals surface area contributed by atoms with E-state index in [2.05, 4.69) is 6.92 Å². The van der Waals surface area contributed by atoms with Crippen molar-refractivity contribution >= 4 is 23.2 Å². The average Bonchev–Trinajstić information content (AvgIpc) is 2.41. The third kappa shape index (κ3) is 3.48. The van der Waals surface area contributed by atoms with Crippen LogP contribution >= 0.6 is 23.2 Å². The molecular weight excluding hydrogens is 293 g/mol. The van der Waals surface area contributed by atoms with E-state index in [1.807, 2.05) is 12.1 Å². The molecule has 1 fully saturated rings. The Labute approximate surface area is 131 Å². The Morgan fingerprint density at radius 2 is 2.20 bits per heavy atom. The molecule has 112 valence electrons. The van der Waals surface area contributed by atoms with Gasteiger partial charge in [-0.15, -0.1) is 0 Å². The first kappa shape index (κ1) is 16.1. The highest BCUT2D eigenvalue weighted by atomic mass is 35.5. The summed E-state index contributed by atoms with van der Waals surface area (Å²) in [6.07, 6.45) is 5.21. The van der Waals surface area contributed by atoms with Crippen molar-refractivity contribution in [3.05, 3.63) is 33.8 Å². The minimum absolute atomic E-state index is 0.0473. The van der Waals surface area contributed by atoms with Crippen LogP contribution in [0, 0.1) is 5.92 Å². The summed E-state index contributed by atoms with van der Waals surface area (Å²) in [7, 11) is 1.78. The summed E-state index contributed by atoms with van der Waals surface area (Å²) >= 11 is 12.2. The topological polar surface area (TPSA) is 35.2 Å². The summed E-state index contributed by atoms with van der Waals surface area (Å²) < 4.78 is 5.85. The van der Waals surface area contributed by atoms with Crippen molar-refractivity contribution in [2.24, 2.45) is 11.7 Å². The van der Waals surface area contributed by atoms with Crippen molar-refractivity contribution in [3.63, 3.8) is 0 Å². The van der Waals surface area contributed by atoms with Gasteiger partial charge in [0.2, 0.25) is 0 Å². The first-order valence-corrected chi connectivity index (χ1v) is 7.97. The lowest BCUT2D eigenvalue weighted by Crippen LogP contribution is -2.53. The molecule has 0 aromatic heterocycles. The standard InChI is InChI=1S/C16H23Cl2NO/c1-11-4-3-7-16(10-11,20-2)15(19)8-12-5-6-13(17)9-14(12)18/h5-6,9,11,15H,3-4,7-8,10,19H2,1-2H3. The number of halogens is 2. The molecule has 0 heterocycles. The molecule has 3 unspecified atom stereocenters. The van der Waals surface area contributed by atoms with E-state index in [9.17, 15) is 0 Å². The predicted molar refractivity (Wildman–Crippen MR) is 85.5 cm³/mol. The van der Waals surface area contributed by atoms with Crippen molar-refractivity contribution < 1.29 is 4.74 Å². The van der Waals surface area contributed by atoms with Gasteiger partial charge in [0.25, 0.3) is 0 Å². The summed E-state index contributed by atoms with van der Waals surface area (Å²) in [6.45, 7) is 2.27. The van der Waals surface area contributed by atoms with E-state index in [1.165, 1.54) is 12.8 Å². The maximum absolute atomic E-state index is 6.48. The fourth-order valence-corrected chi connectivity index (χ4v) is 3.81. The molecule has 3 atom stereocenters. The summed E-state index contributed by atoms with van der Waals surface area (Å²) in [5, 5.41) is 1.34. The van der Waals surface area contributed by atoms with Crippen LogP contribution in [-0.2, 0) is 11.2 Å². The molecule has 2 N–H and O–H groups in total. The molecule has 2 rings (SSSR count). The zero-order valence-corrected chi connectivity index (χ0v) is 13.7. The molecule has 1 aromatic carbocycles. The van der Waals surface area contributed by atoms with Crippen LogP contribution in [0.5, 0.6) is 0 Å². The van der Waals surface area contributed by atoms with E-state index in [1.54, 1.807) is 13.2 Å². The molecule has 2 nitrogen and oxygen atoms in total. The van der Waals surface area contributed by atoms with Gasteiger partial charge in [-0.25, -0.2) is 0 Å². The molecule has 1 aliphatic rings. The maximum Gasteiger partial charge on any atom is 0.0834 e. The smallest absolute Gasteiger partial charge is 0.0834 e. The SMILES string of the molecule is COC1(C(N)Cc2ccc(Cl)cc2Cl)CCCC(C)C1. The number of nitrogens with two attached hydrogens (primary N) is 1. The lowest BCUT2D eigenvalue weighted by atomic mass is 9.73. The van der Waals surface area contributed by atoms with E-state index >= 15 is 0 Å². The Morgan fingerprint density at radius 3 is 2.80 bits per heavy atom. The molecule has 1 aromatic rings. The van der Waals surface area contributed by atoms with Gasteiger partial charge in [-0.1, -0.05) is 49.0 Å². The minimum atomic E-state index is -0.222. The largest absolute Gasteiger partial charge is 0.377 e. The van der Waals surface area contributed by atoms with E-state index in [0.717, 1.165) is 24.8 Å². The van der Waals surface area contributed by atoms with Gasteiger partial charge in [0.05, 0.1) is 5.60 Å². The maximum atomic E-state index is 6.48. The van der Waals surface area contributed by atoms with Gasteiger partial charge in [-0.2, -0.15) is 0 Å². The molecule has 0 saturated heterocycles. The lowest BCUT2D eigenvalue weighted by molar-refractivity contribution is -0.0705. The molecule has 0 bridgehead atoms. The Morgan fingerprint density at radius 1 is 1.45 bits per heavy atom. The zero-order chi connectivity index (χ0) is 14.8. The van der Waals surface area contributed by atoms with Gasteiger partial charge in [-0.05, 0) is 42.9 Å². The van der Waals surface area contributed by atoms with Crippen LogP contribution in [0.25, 0.3) is 0 Å². The van der Waals surface area contributed by atoms with Crippen molar-refractivity contribution in [2.45, 2.75) is 50.7 Å². The average molecular weight is 316 g/mol. The van der Waals surface area contributed by atoms with Gasteiger partial charge in [0.1, 0.15) is 0 Å². The normalized spacial score (nSPS) is 28.4. The number of ether oxygens (including phenoxy) is 1. The van der Waals surface area contributed by atoms with Crippen LogP contribution < -0.4 is 5.73 Å². The molecule has 4 heteroatoms. The van der Waals surface area contributed by atoms with E-state index in [4.69, 9.17) is 33.7 Å². The number of hydrogen-bond donors (Lipinski definition) is 1. The van der Waals surface area contributed by atoms with Crippen LogP contribution in [0.3, 0.4) is 0 Å². The molecule has 0 aliphatic heterocycles. The number of methoxy groups -OCH3 is 1. The monoisotopic (exact) mass is 315 g/mol. The van der Waals surface area contributed by atoms with Crippen molar-refractivity contribution in [1.29, 1.82) is 0 Å². The summed E-state index contributed by atoms with van der Waals surface area (Å²) in [5.74, 6) is 0.662. The van der Waals surface area contributed by atoms with E-state index in [0.29, 0.717) is 16.0 Å². The molecular formula is C16H23Cl2NO. The van der Waals surface area contributed by atoms with E-state index < -0.39 is 0 Å². The Kier molecular flexibility index (Phi) is 5.36. The van der Waals surface area contributed by atoms with Crippen LogP contribution in [-0.4, -0.2) is 18.8 Å². The molecule has 0 radical (unpaired) electrons. The van der Waals surface area contributed by atoms with Gasteiger partial charge in [0, 0.05) is 23.2 Å². The third-order valence-electron chi connectivity index (χ3n) is 4.53. The van der Waals surface area contributed by atoms with Crippen LogP contribution in [0.1, 0.15) is 38.2 Å². The molecule has 0 amide bonds. The van der Waals surface area contributed by atoms with Gasteiger partial charge < -0.3 is 10.5 Å². The van der Waals surface area contributed by atoms with Crippen LogP contribution in [0.15, 0.2) is 18.2 Å². The molecule has 1 aliphatic carbocycles. The fourth-order valence-electron chi connectivity index (χ4n) is 3.33. The van der Waals surface area contributed by atoms with Gasteiger partial charge in [-0.3, -0.25) is 0 Å². The number of hydrogen-bond acceptors (Lipinski definition) is 2. The Hall–Kier alpha value is -0.280. The molecule has 20 heavy (non-hydrogen) atoms. The first-order chi connectivity index (χ1) is 9.47. The molecule has 0 spiro atoms. The second kappa shape index (κ2) is 6.65. The Balaban J connectivity index is 2.14. The number of benzene rings is 1. The highest BCUT2D eigenvalue weighted by molar-refractivity contribution is 6.35. The minimum Gasteiger partial charge on any atom is -0.377 e. The second-order valence-corrected chi connectivity index (χ2v) is 6.86. The van der Waals surface area contributed by atoms with E-state index in [-0.39, 0.29) is 11.6 Å². The van der Waals surface area contributed by atoms with Gasteiger partial charge in [0.15, 0.2) is 0 Å². The number of rotatable bonds is 4.